The molecule has 0 amide bonds. The van der Waals surface area contributed by atoms with Gasteiger partial charge in [-0.05, 0) is 47.9 Å². The third-order valence-electron chi connectivity index (χ3n) is 3.60. The van der Waals surface area contributed by atoms with Gasteiger partial charge in [-0.1, -0.05) is 26.0 Å². The van der Waals surface area contributed by atoms with Gasteiger partial charge in [-0.15, -0.1) is 0 Å². The Kier molecular flexibility index (Phi) is 6.01. The highest BCUT2D eigenvalue weighted by Crippen LogP contribution is 2.25. The minimum Gasteiger partial charge on any atom is -0.497 e. The summed E-state index contributed by atoms with van der Waals surface area (Å²) in [5.41, 5.74) is 1.94. The molecule has 0 heterocycles. The normalized spacial score (nSPS) is 10.9. The Hall–Kier alpha value is -2.75. The Labute approximate surface area is 142 Å². The second-order valence-corrected chi connectivity index (χ2v) is 5.59. The number of methoxy groups -OCH3 is 2. The van der Waals surface area contributed by atoms with Crippen LogP contribution in [0.1, 0.15) is 30.9 Å². The number of benzene rings is 2. The second-order valence-electron chi connectivity index (χ2n) is 5.59. The van der Waals surface area contributed by atoms with Crippen LogP contribution in [0.25, 0.3) is 6.08 Å². The molecule has 0 saturated carbocycles. The van der Waals surface area contributed by atoms with E-state index in [4.69, 9.17) is 14.2 Å². The van der Waals surface area contributed by atoms with Gasteiger partial charge in [-0.2, -0.15) is 0 Å². The van der Waals surface area contributed by atoms with Crippen LogP contribution in [0.5, 0.6) is 17.2 Å². The van der Waals surface area contributed by atoms with E-state index in [0.717, 1.165) is 5.56 Å². The predicted molar refractivity (Wildman–Crippen MR) is 94.7 cm³/mol. The van der Waals surface area contributed by atoms with Crippen LogP contribution in [0, 0.1) is 0 Å². The second kappa shape index (κ2) is 8.20. The first-order valence-electron chi connectivity index (χ1n) is 7.75. The van der Waals surface area contributed by atoms with Gasteiger partial charge in [-0.25, -0.2) is 4.79 Å². The highest BCUT2D eigenvalue weighted by molar-refractivity contribution is 5.89. The van der Waals surface area contributed by atoms with Gasteiger partial charge in [0.05, 0.1) is 14.2 Å². The number of hydrogen-bond acceptors (Lipinski definition) is 4. The van der Waals surface area contributed by atoms with E-state index in [9.17, 15) is 4.79 Å². The molecule has 0 unspecified atom stereocenters. The van der Waals surface area contributed by atoms with Crippen LogP contribution in [0.15, 0.2) is 48.5 Å². The van der Waals surface area contributed by atoms with Crippen molar-refractivity contribution in [2.75, 3.05) is 14.2 Å². The zero-order valence-electron chi connectivity index (χ0n) is 14.4. The quantitative estimate of drug-likeness (QED) is 0.447. The number of hydrogen-bond donors (Lipinski definition) is 0. The molecule has 0 radical (unpaired) electrons. The van der Waals surface area contributed by atoms with Gasteiger partial charge in [-0.3, -0.25) is 0 Å². The molecule has 2 aromatic carbocycles. The zero-order chi connectivity index (χ0) is 17.5. The van der Waals surface area contributed by atoms with Crippen molar-refractivity contribution in [2.24, 2.45) is 0 Å². The summed E-state index contributed by atoms with van der Waals surface area (Å²) in [6, 6.07) is 12.9. The van der Waals surface area contributed by atoms with Crippen molar-refractivity contribution in [1.29, 1.82) is 0 Å². The molecule has 0 fully saturated rings. The molecule has 4 nitrogen and oxygen atoms in total. The summed E-state index contributed by atoms with van der Waals surface area (Å²) in [7, 11) is 3.16. The summed E-state index contributed by atoms with van der Waals surface area (Å²) in [6.07, 6.45) is 3.01. The first-order valence-corrected chi connectivity index (χ1v) is 7.75. The number of carbonyl (C=O) groups excluding carboxylic acids is 1. The van der Waals surface area contributed by atoms with Gasteiger partial charge in [0.1, 0.15) is 17.2 Å². The summed E-state index contributed by atoms with van der Waals surface area (Å²) < 4.78 is 15.8. The maximum Gasteiger partial charge on any atom is 0.336 e. The van der Waals surface area contributed by atoms with Crippen molar-refractivity contribution in [2.45, 2.75) is 19.8 Å². The largest absolute Gasteiger partial charge is 0.497 e. The fourth-order valence-electron chi connectivity index (χ4n) is 2.20. The van der Waals surface area contributed by atoms with Gasteiger partial charge in [0.15, 0.2) is 0 Å². The van der Waals surface area contributed by atoms with E-state index in [2.05, 4.69) is 13.8 Å². The first kappa shape index (κ1) is 17.6. The average Bonchev–Trinajstić information content (AvgIpc) is 2.60. The smallest absolute Gasteiger partial charge is 0.336 e. The summed E-state index contributed by atoms with van der Waals surface area (Å²) in [5, 5.41) is 0. The van der Waals surface area contributed by atoms with Crippen LogP contribution in [-0.2, 0) is 4.79 Å². The fourth-order valence-corrected chi connectivity index (χ4v) is 2.20. The topological polar surface area (TPSA) is 44.8 Å². The zero-order valence-corrected chi connectivity index (χ0v) is 14.4. The maximum absolute atomic E-state index is 12.0. The Balaban J connectivity index is 2.07. The molecule has 0 bridgehead atoms. The van der Waals surface area contributed by atoms with Crippen LogP contribution in [0.3, 0.4) is 0 Å². The first-order chi connectivity index (χ1) is 11.5. The Morgan fingerprint density at radius 3 is 2.21 bits per heavy atom. The molecular weight excluding hydrogens is 304 g/mol. The lowest BCUT2D eigenvalue weighted by Gasteiger charge is -2.08. The van der Waals surface area contributed by atoms with E-state index >= 15 is 0 Å². The molecule has 0 aliphatic carbocycles. The van der Waals surface area contributed by atoms with Crippen molar-refractivity contribution in [3.8, 4) is 17.2 Å². The molecule has 0 aliphatic rings. The molecule has 0 aromatic heterocycles. The van der Waals surface area contributed by atoms with E-state index < -0.39 is 5.97 Å². The van der Waals surface area contributed by atoms with Gasteiger partial charge in [0.25, 0.3) is 0 Å². The molecule has 0 saturated heterocycles. The molecule has 4 heteroatoms. The lowest BCUT2D eigenvalue weighted by molar-refractivity contribution is -0.128. The predicted octanol–water partition coefficient (Wildman–Crippen LogP) is 4.45. The molecule has 0 N–H and O–H groups in total. The number of carbonyl (C=O) groups is 1. The van der Waals surface area contributed by atoms with Gasteiger partial charge >= 0.3 is 5.97 Å². The average molecular weight is 326 g/mol. The van der Waals surface area contributed by atoms with Crippen molar-refractivity contribution in [3.63, 3.8) is 0 Å². The van der Waals surface area contributed by atoms with Crippen LogP contribution >= 0.6 is 0 Å². The number of esters is 1. The molecule has 2 aromatic rings. The van der Waals surface area contributed by atoms with Crippen molar-refractivity contribution in [3.05, 3.63) is 59.7 Å². The van der Waals surface area contributed by atoms with E-state index in [1.165, 1.54) is 11.6 Å². The van der Waals surface area contributed by atoms with Crippen molar-refractivity contribution in [1.82, 2.24) is 0 Å². The lowest BCUT2D eigenvalue weighted by Crippen LogP contribution is -2.03. The molecule has 0 atom stereocenters. The molecule has 2 rings (SSSR count). The monoisotopic (exact) mass is 326 g/mol. The third-order valence-corrected chi connectivity index (χ3v) is 3.60. The van der Waals surface area contributed by atoms with Crippen LogP contribution in [0.4, 0.5) is 0 Å². The summed E-state index contributed by atoms with van der Waals surface area (Å²) >= 11 is 0. The van der Waals surface area contributed by atoms with Gasteiger partial charge in [0.2, 0.25) is 0 Å². The highest BCUT2D eigenvalue weighted by Gasteiger charge is 2.05. The fraction of sp³-hybridized carbons (Fsp3) is 0.250. The van der Waals surface area contributed by atoms with Crippen LogP contribution in [-0.4, -0.2) is 20.2 Å². The Morgan fingerprint density at radius 1 is 0.958 bits per heavy atom. The SMILES string of the molecule is COc1ccc(OC)c(C=CC(=O)Oc2ccc(C(C)C)cc2)c1. The van der Waals surface area contributed by atoms with Gasteiger partial charge in [0, 0.05) is 11.6 Å². The number of rotatable bonds is 6. The van der Waals surface area contributed by atoms with E-state index in [-0.39, 0.29) is 0 Å². The van der Waals surface area contributed by atoms with Crippen molar-refractivity contribution < 1.29 is 19.0 Å². The highest BCUT2D eigenvalue weighted by atomic mass is 16.5. The third kappa shape index (κ3) is 4.62. The molecule has 0 spiro atoms. The lowest BCUT2D eigenvalue weighted by atomic mass is 10.0. The van der Waals surface area contributed by atoms with E-state index in [1.807, 2.05) is 12.1 Å². The van der Waals surface area contributed by atoms with E-state index in [1.54, 1.807) is 50.6 Å². The molecule has 126 valence electrons. The minimum absolute atomic E-state index is 0.440. The van der Waals surface area contributed by atoms with E-state index in [0.29, 0.717) is 23.2 Å². The summed E-state index contributed by atoms with van der Waals surface area (Å²) in [4.78, 5) is 12.0. The van der Waals surface area contributed by atoms with Crippen LogP contribution in [0.2, 0.25) is 0 Å². The number of ether oxygens (including phenoxy) is 3. The van der Waals surface area contributed by atoms with Gasteiger partial charge < -0.3 is 14.2 Å². The Bertz CT molecular complexity index is 715. The van der Waals surface area contributed by atoms with Crippen molar-refractivity contribution >= 4 is 12.0 Å². The van der Waals surface area contributed by atoms with Crippen LogP contribution < -0.4 is 14.2 Å². The summed E-state index contributed by atoms with van der Waals surface area (Å²) in [6.45, 7) is 4.23. The minimum atomic E-state index is -0.447. The molecule has 0 aliphatic heterocycles. The standard InChI is InChI=1S/C20H22O4/c1-14(2)15-5-8-17(9-6-15)24-20(21)12-7-16-13-18(22-3)10-11-19(16)23-4/h5-14H,1-4H3. The molecule has 24 heavy (non-hydrogen) atoms. The summed E-state index contributed by atoms with van der Waals surface area (Å²) in [5.74, 6) is 1.85. The Morgan fingerprint density at radius 2 is 1.62 bits per heavy atom. The molecular formula is C20H22O4. The maximum atomic E-state index is 12.0.